The van der Waals surface area contributed by atoms with Crippen molar-refractivity contribution in [2.45, 2.75) is 19.8 Å². The summed E-state index contributed by atoms with van der Waals surface area (Å²) >= 11 is 0. The molecule has 82 valence electrons. The van der Waals surface area contributed by atoms with Gasteiger partial charge in [0.25, 0.3) is 0 Å². The molecule has 0 radical (unpaired) electrons. The Kier molecular flexibility index (Phi) is 2.86. The maximum atomic E-state index is 11.0. The Morgan fingerprint density at radius 1 is 1.25 bits per heavy atom. The molecule has 0 saturated heterocycles. The molecule has 0 aromatic carbocycles. The standard InChI is InChI=1S/C13H14N2O/c1-9(2)13-11(4-3-7-14-13)10-5-6-12(16)15-8-10/h3-9H,1-2H3,(H,15,16). The largest absolute Gasteiger partial charge is 0.328 e. The number of aromatic nitrogens is 2. The number of aromatic amines is 1. The molecule has 0 saturated carbocycles. The summed E-state index contributed by atoms with van der Waals surface area (Å²) in [6.07, 6.45) is 3.52. The van der Waals surface area contributed by atoms with Gasteiger partial charge in [-0.15, -0.1) is 0 Å². The lowest BCUT2D eigenvalue weighted by Crippen LogP contribution is -2.03. The highest BCUT2D eigenvalue weighted by Crippen LogP contribution is 2.25. The Labute approximate surface area is 94.2 Å². The number of hydrogen-bond acceptors (Lipinski definition) is 2. The van der Waals surface area contributed by atoms with Crippen LogP contribution in [-0.4, -0.2) is 9.97 Å². The van der Waals surface area contributed by atoms with Crippen LogP contribution in [-0.2, 0) is 0 Å². The summed E-state index contributed by atoms with van der Waals surface area (Å²) in [5.41, 5.74) is 3.04. The van der Waals surface area contributed by atoms with Gasteiger partial charge in [0.2, 0.25) is 5.56 Å². The fraction of sp³-hybridized carbons (Fsp3) is 0.231. The number of H-pyrrole nitrogens is 1. The first-order valence-corrected chi connectivity index (χ1v) is 5.32. The number of pyridine rings is 2. The molecule has 0 spiro atoms. The first kappa shape index (κ1) is 10.6. The average molecular weight is 214 g/mol. The molecule has 0 amide bonds. The predicted molar refractivity (Wildman–Crippen MR) is 64.4 cm³/mol. The van der Waals surface area contributed by atoms with Crippen molar-refractivity contribution in [1.29, 1.82) is 0 Å². The summed E-state index contributed by atoms with van der Waals surface area (Å²) in [5, 5.41) is 0. The SMILES string of the molecule is CC(C)c1ncccc1-c1ccc(=O)[nH]c1. The van der Waals surface area contributed by atoms with E-state index in [1.54, 1.807) is 12.4 Å². The summed E-state index contributed by atoms with van der Waals surface area (Å²) in [6.45, 7) is 4.22. The van der Waals surface area contributed by atoms with Gasteiger partial charge in [0.05, 0.1) is 5.69 Å². The topological polar surface area (TPSA) is 45.8 Å². The molecule has 1 N–H and O–H groups in total. The third-order valence-corrected chi connectivity index (χ3v) is 2.48. The van der Waals surface area contributed by atoms with Crippen LogP contribution in [0.1, 0.15) is 25.5 Å². The summed E-state index contributed by atoms with van der Waals surface area (Å²) in [6, 6.07) is 7.29. The van der Waals surface area contributed by atoms with Gasteiger partial charge >= 0.3 is 0 Å². The third kappa shape index (κ3) is 2.03. The number of hydrogen-bond donors (Lipinski definition) is 1. The van der Waals surface area contributed by atoms with E-state index in [1.165, 1.54) is 6.07 Å². The van der Waals surface area contributed by atoms with E-state index in [-0.39, 0.29) is 5.56 Å². The quantitative estimate of drug-likeness (QED) is 0.835. The van der Waals surface area contributed by atoms with Crippen molar-refractivity contribution in [2.24, 2.45) is 0 Å². The van der Waals surface area contributed by atoms with Crippen LogP contribution in [0.4, 0.5) is 0 Å². The summed E-state index contributed by atoms with van der Waals surface area (Å²) in [4.78, 5) is 18.1. The maximum Gasteiger partial charge on any atom is 0.247 e. The molecule has 3 heteroatoms. The van der Waals surface area contributed by atoms with E-state index in [0.29, 0.717) is 5.92 Å². The van der Waals surface area contributed by atoms with E-state index >= 15 is 0 Å². The van der Waals surface area contributed by atoms with Crippen molar-refractivity contribution in [2.75, 3.05) is 0 Å². The van der Waals surface area contributed by atoms with Crippen molar-refractivity contribution in [3.8, 4) is 11.1 Å². The molecule has 3 nitrogen and oxygen atoms in total. The van der Waals surface area contributed by atoms with E-state index < -0.39 is 0 Å². The monoisotopic (exact) mass is 214 g/mol. The van der Waals surface area contributed by atoms with Crippen molar-refractivity contribution in [1.82, 2.24) is 9.97 Å². The Morgan fingerprint density at radius 2 is 2.06 bits per heavy atom. The normalized spacial score (nSPS) is 10.7. The van der Waals surface area contributed by atoms with E-state index in [1.807, 2.05) is 18.2 Å². The van der Waals surface area contributed by atoms with Crippen LogP contribution < -0.4 is 5.56 Å². The molecule has 0 unspecified atom stereocenters. The number of nitrogens with one attached hydrogen (secondary N) is 1. The molecular weight excluding hydrogens is 200 g/mol. The minimum atomic E-state index is -0.0845. The van der Waals surface area contributed by atoms with Crippen molar-refractivity contribution >= 4 is 0 Å². The summed E-state index contributed by atoms with van der Waals surface area (Å²) < 4.78 is 0. The van der Waals surface area contributed by atoms with Crippen molar-refractivity contribution in [3.63, 3.8) is 0 Å². The lowest BCUT2D eigenvalue weighted by molar-refractivity contribution is 0.825. The van der Waals surface area contributed by atoms with Crippen LogP contribution in [0.5, 0.6) is 0 Å². The van der Waals surface area contributed by atoms with E-state index in [0.717, 1.165) is 16.8 Å². The van der Waals surface area contributed by atoms with E-state index in [2.05, 4.69) is 23.8 Å². The Morgan fingerprint density at radius 3 is 2.69 bits per heavy atom. The number of rotatable bonds is 2. The van der Waals surface area contributed by atoms with Gasteiger partial charge in [0.1, 0.15) is 0 Å². The first-order valence-electron chi connectivity index (χ1n) is 5.32. The molecule has 0 aliphatic rings. The van der Waals surface area contributed by atoms with Gasteiger partial charge in [0, 0.05) is 24.0 Å². The minimum Gasteiger partial charge on any atom is -0.328 e. The fourth-order valence-electron chi connectivity index (χ4n) is 1.70. The maximum absolute atomic E-state index is 11.0. The molecule has 0 bridgehead atoms. The zero-order chi connectivity index (χ0) is 11.5. The molecular formula is C13H14N2O. The van der Waals surface area contributed by atoms with E-state index in [9.17, 15) is 4.79 Å². The lowest BCUT2D eigenvalue weighted by atomic mass is 9.99. The molecule has 2 rings (SSSR count). The summed E-state index contributed by atoms with van der Waals surface area (Å²) in [5.74, 6) is 0.364. The molecule has 2 aromatic rings. The highest BCUT2D eigenvalue weighted by atomic mass is 16.1. The van der Waals surface area contributed by atoms with Gasteiger partial charge in [-0.05, 0) is 23.6 Å². The molecule has 0 aliphatic carbocycles. The second-order valence-electron chi connectivity index (χ2n) is 4.03. The van der Waals surface area contributed by atoms with Crippen LogP contribution in [0, 0.1) is 0 Å². The van der Waals surface area contributed by atoms with Gasteiger partial charge in [-0.1, -0.05) is 19.9 Å². The Hall–Kier alpha value is -1.90. The molecule has 0 fully saturated rings. The van der Waals surface area contributed by atoms with Crippen LogP contribution in [0.25, 0.3) is 11.1 Å². The highest BCUT2D eigenvalue weighted by Gasteiger charge is 2.08. The van der Waals surface area contributed by atoms with Crippen LogP contribution in [0.2, 0.25) is 0 Å². The van der Waals surface area contributed by atoms with Gasteiger partial charge in [-0.25, -0.2) is 0 Å². The molecule has 0 aliphatic heterocycles. The molecule has 2 heterocycles. The first-order chi connectivity index (χ1) is 7.68. The van der Waals surface area contributed by atoms with Gasteiger partial charge in [-0.3, -0.25) is 9.78 Å². The zero-order valence-corrected chi connectivity index (χ0v) is 9.40. The average Bonchev–Trinajstić information content (AvgIpc) is 2.30. The predicted octanol–water partition coefficient (Wildman–Crippen LogP) is 2.56. The Bertz CT molecular complexity index is 523. The van der Waals surface area contributed by atoms with E-state index in [4.69, 9.17) is 0 Å². The minimum absolute atomic E-state index is 0.0845. The van der Waals surface area contributed by atoms with Gasteiger partial charge in [-0.2, -0.15) is 0 Å². The smallest absolute Gasteiger partial charge is 0.247 e. The van der Waals surface area contributed by atoms with Gasteiger partial charge in [0.15, 0.2) is 0 Å². The molecule has 16 heavy (non-hydrogen) atoms. The zero-order valence-electron chi connectivity index (χ0n) is 9.40. The van der Waals surface area contributed by atoms with Crippen molar-refractivity contribution < 1.29 is 0 Å². The third-order valence-electron chi connectivity index (χ3n) is 2.48. The fourth-order valence-corrected chi connectivity index (χ4v) is 1.70. The lowest BCUT2D eigenvalue weighted by Gasteiger charge is -2.10. The van der Waals surface area contributed by atoms with Crippen molar-refractivity contribution in [3.05, 3.63) is 52.7 Å². The second kappa shape index (κ2) is 4.31. The van der Waals surface area contributed by atoms with Crippen LogP contribution >= 0.6 is 0 Å². The van der Waals surface area contributed by atoms with Crippen LogP contribution in [0.3, 0.4) is 0 Å². The van der Waals surface area contributed by atoms with Crippen LogP contribution in [0.15, 0.2) is 41.5 Å². The molecule has 2 aromatic heterocycles. The Balaban J connectivity index is 2.55. The highest BCUT2D eigenvalue weighted by molar-refractivity contribution is 5.65. The summed E-state index contributed by atoms with van der Waals surface area (Å²) in [7, 11) is 0. The molecule has 0 atom stereocenters. The van der Waals surface area contributed by atoms with Gasteiger partial charge < -0.3 is 4.98 Å². The second-order valence-corrected chi connectivity index (χ2v) is 4.03. The number of nitrogens with zero attached hydrogens (tertiary/aromatic N) is 1.